The first-order valence-electron chi connectivity index (χ1n) is 6.69. The molecule has 0 aromatic heterocycles. The largest absolute Gasteiger partial charge is 0.378 e. The average Bonchev–Trinajstić information content (AvgIpc) is 2.34. The minimum Gasteiger partial charge on any atom is -0.378 e. The van der Waals surface area contributed by atoms with Crippen LogP contribution in [0, 0.1) is 11.8 Å². The maximum Gasteiger partial charge on any atom is 0.237 e. The first-order chi connectivity index (χ1) is 8.04. The van der Waals surface area contributed by atoms with Gasteiger partial charge in [0.25, 0.3) is 0 Å². The minimum atomic E-state index is -0.378. The van der Waals surface area contributed by atoms with Crippen molar-refractivity contribution >= 4 is 18.3 Å². The van der Waals surface area contributed by atoms with Gasteiger partial charge in [0, 0.05) is 13.2 Å². The van der Waals surface area contributed by atoms with Crippen LogP contribution in [0.15, 0.2) is 0 Å². The molecule has 4 nitrogen and oxygen atoms in total. The molecular weight excluding hydrogens is 252 g/mol. The summed E-state index contributed by atoms with van der Waals surface area (Å²) in [5, 5.41) is 2.97. The second kappa shape index (κ2) is 8.73. The van der Waals surface area contributed by atoms with Crippen molar-refractivity contribution in [3.63, 3.8) is 0 Å². The van der Waals surface area contributed by atoms with Gasteiger partial charge in [-0.3, -0.25) is 4.79 Å². The summed E-state index contributed by atoms with van der Waals surface area (Å²) < 4.78 is 5.48. The fraction of sp³-hybridized carbons (Fsp3) is 0.923. The van der Waals surface area contributed by atoms with E-state index < -0.39 is 0 Å². The van der Waals surface area contributed by atoms with Crippen molar-refractivity contribution in [1.82, 2.24) is 5.32 Å². The van der Waals surface area contributed by atoms with Crippen molar-refractivity contribution < 1.29 is 9.53 Å². The molecule has 1 fully saturated rings. The smallest absolute Gasteiger partial charge is 0.237 e. The lowest BCUT2D eigenvalue weighted by molar-refractivity contribution is -0.123. The second-order valence-corrected chi connectivity index (χ2v) is 5.23. The molecule has 0 aromatic rings. The number of carbonyl (C=O) groups excluding carboxylic acids is 1. The Morgan fingerprint density at radius 3 is 2.78 bits per heavy atom. The van der Waals surface area contributed by atoms with Gasteiger partial charge >= 0.3 is 0 Å². The number of hydrogen-bond acceptors (Lipinski definition) is 3. The lowest BCUT2D eigenvalue weighted by Crippen LogP contribution is -2.46. The number of hydrogen-bond donors (Lipinski definition) is 2. The van der Waals surface area contributed by atoms with Crippen LogP contribution in [0.4, 0.5) is 0 Å². The lowest BCUT2D eigenvalue weighted by atomic mass is 9.95. The van der Waals surface area contributed by atoms with Crippen LogP contribution in [-0.4, -0.2) is 31.2 Å². The summed E-state index contributed by atoms with van der Waals surface area (Å²) >= 11 is 0. The van der Waals surface area contributed by atoms with Gasteiger partial charge in [-0.2, -0.15) is 0 Å². The molecule has 3 N–H and O–H groups in total. The van der Waals surface area contributed by atoms with Crippen LogP contribution in [-0.2, 0) is 9.53 Å². The topological polar surface area (TPSA) is 64.4 Å². The molecule has 0 saturated carbocycles. The second-order valence-electron chi connectivity index (χ2n) is 5.23. The molecule has 0 spiro atoms. The van der Waals surface area contributed by atoms with Crippen LogP contribution in [0.3, 0.4) is 0 Å². The molecule has 0 bridgehead atoms. The zero-order chi connectivity index (χ0) is 12.8. The van der Waals surface area contributed by atoms with Crippen LogP contribution in [0.1, 0.15) is 40.0 Å². The number of halogens is 1. The fourth-order valence-electron chi connectivity index (χ4n) is 2.15. The van der Waals surface area contributed by atoms with Crippen molar-refractivity contribution in [1.29, 1.82) is 0 Å². The van der Waals surface area contributed by atoms with E-state index in [-0.39, 0.29) is 30.3 Å². The lowest BCUT2D eigenvalue weighted by Gasteiger charge is -2.28. The highest BCUT2D eigenvalue weighted by Crippen LogP contribution is 2.19. The third-order valence-electron chi connectivity index (χ3n) is 3.72. The summed E-state index contributed by atoms with van der Waals surface area (Å²) in [6, 6.07) is -0.378. The van der Waals surface area contributed by atoms with Crippen molar-refractivity contribution in [3.8, 4) is 0 Å². The SMILES string of the molecule is CCC(C)C(N)C(=O)NCC1CCOC(C)C1.Cl. The molecule has 1 amide bonds. The summed E-state index contributed by atoms with van der Waals surface area (Å²) in [6.45, 7) is 7.69. The Morgan fingerprint density at radius 1 is 1.56 bits per heavy atom. The van der Waals surface area contributed by atoms with Gasteiger partial charge in [0.15, 0.2) is 0 Å². The number of ether oxygens (including phenoxy) is 1. The summed E-state index contributed by atoms with van der Waals surface area (Å²) in [5.74, 6) is 0.758. The maximum absolute atomic E-state index is 11.8. The van der Waals surface area contributed by atoms with Crippen molar-refractivity contribution in [3.05, 3.63) is 0 Å². The van der Waals surface area contributed by atoms with E-state index in [9.17, 15) is 4.79 Å². The predicted octanol–water partition coefficient (Wildman–Crippen LogP) is 1.71. The van der Waals surface area contributed by atoms with E-state index in [0.717, 1.165) is 32.4 Å². The molecule has 18 heavy (non-hydrogen) atoms. The molecule has 1 saturated heterocycles. The molecule has 108 valence electrons. The molecule has 1 heterocycles. The van der Waals surface area contributed by atoms with E-state index in [1.165, 1.54) is 0 Å². The third kappa shape index (κ3) is 5.55. The highest BCUT2D eigenvalue weighted by Gasteiger charge is 2.23. The molecule has 0 aromatic carbocycles. The van der Waals surface area contributed by atoms with Gasteiger partial charge in [0.2, 0.25) is 5.91 Å². The standard InChI is InChI=1S/C13H26N2O2.ClH/c1-4-9(2)12(14)13(16)15-8-11-5-6-17-10(3)7-11;/h9-12H,4-8,14H2,1-3H3,(H,15,16);1H. The van der Waals surface area contributed by atoms with Crippen LogP contribution in [0.5, 0.6) is 0 Å². The van der Waals surface area contributed by atoms with Crippen molar-refractivity contribution in [2.75, 3.05) is 13.2 Å². The Labute approximate surface area is 116 Å². The first-order valence-corrected chi connectivity index (χ1v) is 6.69. The van der Waals surface area contributed by atoms with Crippen LogP contribution in [0.2, 0.25) is 0 Å². The number of amides is 1. The molecule has 0 radical (unpaired) electrons. The predicted molar refractivity (Wildman–Crippen MR) is 75.8 cm³/mol. The average molecular weight is 279 g/mol. The van der Waals surface area contributed by atoms with Crippen molar-refractivity contribution in [2.45, 2.75) is 52.2 Å². The maximum atomic E-state index is 11.8. The van der Waals surface area contributed by atoms with Crippen LogP contribution in [0.25, 0.3) is 0 Å². The number of nitrogens with two attached hydrogens (primary N) is 1. The zero-order valence-corrected chi connectivity index (χ0v) is 12.5. The Hall–Kier alpha value is -0.320. The first kappa shape index (κ1) is 17.7. The Kier molecular flexibility index (Phi) is 8.57. The van der Waals surface area contributed by atoms with E-state index in [1.54, 1.807) is 0 Å². The number of carbonyl (C=O) groups is 1. The molecule has 1 aliphatic rings. The molecule has 1 rings (SSSR count). The summed E-state index contributed by atoms with van der Waals surface area (Å²) in [7, 11) is 0. The van der Waals surface area contributed by atoms with E-state index >= 15 is 0 Å². The summed E-state index contributed by atoms with van der Waals surface area (Å²) in [6.07, 6.45) is 3.30. The fourth-order valence-corrected chi connectivity index (χ4v) is 2.15. The van der Waals surface area contributed by atoms with Crippen LogP contribution < -0.4 is 11.1 Å². The van der Waals surface area contributed by atoms with Crippen molar-refractivity contribution in [2.24, 2.45) is 17.6 Å². The minimum absolute atomic E-state index is 0. The van der Waals surface area contributed by atoms with Gasteiger partial charge in [0.05, 0.1) is 12.1 Å². The van der Waals surface area contributed by atoms with Crippen LogP contribution >= 0.6 is 12.4 Å². The van der Waals surface area contributed by atoms with E-state index in [1.807, 2.05) is 6.92 Å². The monoisotopic (exact) mass is 278 g/mol. The molecule has 4 unspecified atom stereocenters. The van der Waals surface area contributed by atoms with Gasteiger partial charge in [-0.15, -0.1) is 12.4 Å². The van der Waals surface area contributed by atoms with Gasteiger partial charge in [0.1, 0.15) is 0 Å². The third-order valence-corrected chi connectivity index (χ3v) is 3.72. The highest BCUT2D eigenvalue weighted by atomic mass is 35.5. The zero-order valence-electron chi connectivity index (χ0n) is 11.6. The molecule has 0 aliphatic carbocycles. The van der Waals surface area contributed by atoms with E-state index in [2.05, 4.69) is 19.2 Å². The molecule has 4 atom stereocenters. The quantitative estimate of drug-likeness (QED) is 0.805. The highest BCUT2D eigenvalue weighted by molar-refractivity contribution is 5.85. The van der Waals surface area contributed by atoms with Gasteiger partial charge < -0.3 is 15.8 Å². The summed E-state index contributed by atoms with van der Waals surface area (Å²) in [5.41, 5.74) is 5.88. The van der Waals surface area contributed by atoms with E-state index in [0.29, 0.717) is 12.0 Å². The Bertz CT molecular complexity index is 251. The van der Waals surface area contributed by atoms with E-state index in [4.69, 9.17) is 10.5 Å². The molecule has 5 heteroatoms. The van der Waals surface area contributed by atoms with Gasteiger partial charge in [-0.25, -0.2) is 0 Å². The number of nitrogens with one attached hydrogen (secondary N) is 1. The Morgan fingerprint density at radius 2 is 2.22 bits per heavy atom. The number of rotatable bonds is 5. The Balaban J connectivity index is 0.00000289. The van der Waals surface area contributed by atoms with Gasteiger partial charge in [-0.05, 0) is 31.6 Å². The molecule has 1 aliphatic heterocycles. The normalized spacial score (nSPS) is 26.9. The molecular formula is C13H27ClN2O2. The summed E-state index contributed by atoms with van der Waals surface area (Å²) in [4.78, 5) is 11.8. The van der Waals surface area contributed by atoms with Gasteiger partial charge in [-0.1, -0.05) is 20.3 Å².